The van der Waals surface area contributed by atoms with Crippen LogP contribution in [0, 0.1) is 6.92 Å². The second kappa shape index (κ2) is 6.43. The van der Waals surface area contributed by atoms with E-state index in [0.29, 0.717) is 35.8 Å². The van der Waals surface area contributed by atoms with Crippen LogP contribution in [0.25, 0.3) is 22.1 Å². The highest BCUT2D eigenvalue weighted by Gasteiger charge is 2.14. The van der Waals surface area contributed by atoms with Crippen molar-refractivity contribution in [3.8, 4) is 0 Å². The zero-order valence-electron chi connectivity index (χ0n) is 13.9. The van der Waals surface area contributed by atoms with Crippen LogP contribution in [0.2, 0.25) is 0 Å². The van der Waals surface area contributed by atoms with Crippen LogP contribution in [0.3, 0.4) is 0 Å². The molecule has 0 unspecified atom stereocenters. The molecule has 0 aliphatic heterocycles. The Labute approximate surface area is 146 Å². The number of rotatable bonds is 5. The third kappa shape index (κ3) is 2.94. The van der Waals surface area contributed by atoms with Crippen molar-refractivity contribution < 1.29 is 13.7 Å². The number of nitrogens with one attached hydrogen (secondary N) is 1. The van der Waals surface area contributed by atoms with Gasteiger partial charge in [-0.05, 0) is 19.1 Å². The second-order valence-corrected chi connectivity index (χ2v) is 5.79. The average Bonchev–Trinajstić information content (AvgIpc) is 3.21. The van der Waals surface area contributed by atoms with Crippen molar-refractivity contribution in [2.24, 2.45) is 0 Å². The lowest BCUT2D eigenvalue weighted by atomic mass is 10.2. The molecule has 9 nitrogen and oxygen atoms in total. The Kier molecular flexibility index (Phi) is 3.96. The zero-order valence-corrected chi connectivity index (χ0v) is 13.9. The molecule has 0 fully saturated rings. The molecule has 1 N–H and O–H groups in total. The molecule has 9 heteroatoms. The lowest BCUT2D eigenvalue weighted by molar-refractivity contribution is -0.121. The number of furan rings is 1. The van der Waals surface area contributed by atoms with Gasteiger partial charge in [0.1, 0.15) is 17.6 Å². The number of carbonyl (C=O) groups excluding carboxylic acids is 1. The summed E-state index contributed by atoms with van der Waals surface area (Å²) in [5.41, 5.74) is 0.829. The Morgan fingerprint density at radius 3 is 2.96 bits per heavy atom. The number of fused-ring (bicyclic) bond motifs is 3. The minimum absolute atomic E-state index is 0.142. The number of amides is 1. The van der Waals surface area contributed by atoms with Gasteiger partial charge in [0.25, 0.3) is 5.56 Å². The summed E-state index contributed by atoms with van der Waals surface area (Å²) in [6, 6.07) is 7.28. The van der Waals surface area contributed by atoms with Crippen LogP contribution in [0.5, 0.6) is 0 Å². The number of hydrogen-bond donors (Lipinski definition) is 1. The van der Waals surface area contributed by atoms with E-state index in [0.717, 1.165) is 5.39 Å². The first-order valence-corrected chi connectivity index (χ1v) is 8.04. The first-order valence-electron chi connectivity index (χ1n) is 8.04. The highest BCUT2D eigenvalue weighted by molar-refractivity contribution is 6.01. The average molecular weight is 353 g/mol. The largest absolute Gasteiger partial charge is 0.448 e. The summed E-state index contributed by atoms with van der Waals surface area (Å²) in [5.74, 6) is 0.675. The Bertz CT molecular complexity index is 1160. The maximum absolute atomic E-state index is 12.5. The molecule has 0 saturated carbocycles. The number of aryl methyl sites for hydroxylation is 1. The van der Waals surface area contributed by atoms with Gasteiger partial charge in [-0.3, -0.25) is 14.2 Å². The number of hydrogen-bond acceptors (Lipinski definition) is 7. The standard InChI is InChI=1S/C17H15N5O4/c1-10-20-14(26-21-10)6-7-18-13(23)8-22-9-19-15-11-4-2-3-5-12(11)25-16(15)17(22)24/h2-5,9H,6-8H2,1H3,(H,18,23). The van der Waals surface area contributed by atoms with Crippen LogP contribution in [0.15, 0.2) is 44.3 Å². The van der Waals surface area contributed by atoms with E-state index in [2.05, 4.69) is 20.4 Å². The Morgan fingerprint density at radius 1 is 1.31 bits per heavy atom. The molecule has 3 aromatic heterocycles. The first-order chi connectivity index (χ1) is 12.6. The summed E-state index contributed by atoms with van der Waals surface area (Å²) in [4.78, 5) is 32.9. The Morgan fingerprint density at radius 2 is 2.15 bits per heavy atom. The second-order valence-electron chi connectivity index (χ2n) is 5.79. The number of benzene rings is 1. The molecule has 1 aromatic carbocycles. The van der Waals surface area contributed by atoms with Gasteiger partial charge in [-0.15, -0.1) is 0 Å². The van der Waals surface area contributed by atoms with Crippen molar-refractivity contribution in [1.29, 1.82) is 0 Å². The molecule has 0 bridgehead atoms. The summed E-state index contributed by atoms with van der Waals surface area (Å²) >= 11 is 0. The summed E-state index contributed by atoms with van der Waals surface area (Å²) < 4.78 is 11.8. The first kappa shape index (κ1) is 16.0. The van der Waals surface area contributed by atoms with Crippen LogP contribution < -0.4 is 10.9 Å². The van der Waals surface area contributed by atoms with Crippen molar-refractivity contribution >= 4 is 28.0 Å². The highest BCUT2D eigenvalue weighted by atomic mass is 16.5. The molecule has 26 heavy (non-hydrogen) atoms. The maximum Gasteiger partial charge on any atom is 0.297 e. The SMILES string of the molecule is Cc1noc(CCNC(=O)Cn2cnc3c(oc4ccccc43)c2=O)n1. The summed E-state index contributed by atoms with van der Waals surface area (Å²) in [6.45, 7) is 1.90. The van der Waals surface area contributed by atoms with Crippen LogP contribution >= 0.6 is 0 Å². The van der Waals surface area contributed by atoms with Crippen LogP contribution in [-0.2, 0) is 17.8 Å². The van der Waals surface area contributed by atoms with Crippen molar-refractivity contribution in [2.45, 2.75) is 19.9 Å². The molecule has 0 spiro atoms. The van der Waals surface area contributed by atoms with E-state index in [4.69, 9.17) is 8.94 Å². The Hall–Kier alpha value is -3.49. The molecule has 1 amide bonds. The summed E-state index contributed by atoms with van der Waals surface area (Å²) in [6.07, 6.45) is 1.77. The van der Waals surface area contributed by atoms with Gasteiger partial charge in [-0.2, -0.15) is 4.98 Å². The Balaban J connectivity index is 1.48. The van der Waals surface area contributed by atoms with E-state index >= 15 is 0 Å². The van der Waals surface area contributed by atoms with Gasteiger partial charge in [-0.25, -0.2) is 4.98 Å². The molecule has 4 aromatic rings. The van der Waals surface area contributed by atoms with Crippen molar-refractivity contribution in [3.63, 3.8) is 0 Å². The summed E-state index contributed by atoms with van der Waals surface area (Å²) in [5, 5.41) is 7.15. The van der Waals surface area contributed by atoms with Gasteiger partial charge >= 0.3 is 0 Å². The zero-order chi connectivity index (χ0) is 18.1. The third-order valence-electron chi connectivity index (χ3n) is 3.90. The normalized spacial score (nSPS) is 11.3. The van der Waals surface area contributed by atoms with Crippen LogP contribution in [0.4, 0.5) is 0 Å². The van der Waals surface area contributed by atoms with Gasteiger partial charge in [0.05, 0.1) is 6.33 Å². The van der Waals surface area contributed by atoms with Gasteiger partial charge < -0.3 is 14.3 Å². The van der Waals surface area contributed by atoms with E-state index in [1.807, 2.05) is 18.2 Å². The maximum atomic E-state index is 12.5. The van der Waals surface area contributed by atoms with Crippen molar-refractivity contribution in [1.82, 2.24) is 25.0 Å². The van der Waals surface area contributed by atoms with Gasteiger partial charge in [-0.1, -0.05) is 17.3 Å². The highest BCUT2D eigenvalue weighted by Crippen LogP contribution is 2.23. The summed E-state index contributed by atoms with van der Waals surface area (Å²) in [7, 11) is 0. The molecule has 0 aliphatic rings. The molecule has 0 saturated heterocycles. The number of aromatic nitrogens is 4. The van der Waals surface area contributed by atoms with Crippen LogP contribution in [0.1, 0.15) is 11.7 Å². The van der Waals surface area contributed by atoms with E-state index in [1.165, 1.54) is 10.9 Å². The quantitative estimate of drug-likeness (QED) is 0.573. The van der Waals surface area contributed by atoms with Crippen molar-refractivity contribution in [3.05, 3.63) is 52.7 Å². The van der Waals surface area contributed by atoms with E-state index in [9.17, 15) is 9.59 Å². The molecular formula is C17H15N5O4. The van der Waals surface area contributed by atoms with Crippen molar-refractivity contribution in [2.75, 3.05) is 6.54 Å². The molecule has 0 aliphatic carbocycles. The number of carbonyl (C=O) groups is 1. The lowest BCUT2D eigenvalue weighted by Crippen LogP contribution is -2.33. The minimum atomic E-state index is -0.395. The van der Waals surface area contributed by atoms with Gasteiger partial charge in [0, 0.05) is 18.4 Å². The molecule has 3 heterocycles. The monoisotopic (exact) mass is 353 g/mol. The van der Waals surface area contributed by atoms with E-state index in [1.54, 1.807) is 13.0 Å². The lowest BCUT2D eigenvalue weighted by Gasteiger charge is -2.05. The molecular weight excluding hydrogens is 338 g/mol. The van der Waals surface area contributed by atoms with E-state index < -0.39 is 5.56 Å². The topological polar surface area (TPSA) is 116 Å². The van der Waals surface area contributed by atoms with Gasteiger partial charge in [0.2, 0.25) is 17.4 Å². The molecule has 132 valence electrons. The molecule has 0 atom stereocenters. The predicted octanol–water partition coefficient (Wildman–Crippen LogP) is 1.19. The molecule has 0 radical (unpaired) electrons. The number of nitrogens with zero attached hydrogens (tertiary/aromatic N) is 4. The molecule has 4 rings (SSSR count). The predicted molar refractivity (Wildman–Crippen MR) is 91.5 cm³/mol. The fourth-order valence-corrected chi connectivity index (χ4v) is 2.69. The van der Waals surface area contributed by atoms with Gasteiger partial charge in [0.15, 0.2) is 5.82 Å². The smallest absolute Gasteiger partial charge is 0.297 e. The third-order valence-corrected chi connectivity index (χ3v) is 3.90. The van der Waals surface area contributed by atoms with E-state index in [-0.39, 0.29) is 18.0 Å². The fraction of sp³-hybridized carbons (Fsp3) is 0.235. The minimum Gasteiger partial charge on any atom is -0.448 e. The van der Waals surface area contributed by atoms with Crippen LogP contribution in [-0.4, -0.2) is 32.1 Å². The fourth-order valence-electron chi connectivity index (χ4n) is 2.69. The number of para-hydroxylation sites is 1.